The molecule has 0 saturated carbocycles. The third-order valence-corrected chi connectivity index (χ3v) is 3.64. The second-order valence-corrected chi connectivity index (χ2v) is 5.14. The molecule has 2 nitrogen and oxygen atoms in total. The highest BCUT2D eigenvalue weighted by Crippen LogP contribution is 2.23. The van der Waals surface area contributed by atoms with Crippen LogP contribution in [0.25, 0.3) is 6.08 Å². The summed E-state index contributed by atoms with van der Waals surface area (Å²) in [7, 11) is 0. The molecular weight excluding hydrogens is 218 g/mol. The van der Waals surface area contributed by atoms with E-state index in [1.54, 1.807) is 11.8 Å². The molecule has 1 saturated heterocycles. The SMILES string of the molecule is C/C(=C\c1ccccc1)CC1SCNC1=O. The van der Waals surface area contributed by atoms with E-state index in [4.69, 9.17) is 0 Å². The summed E-state index contributed by atoms with van der Waals surface area (Å²) >= 11 is 1.69. The van der Waals surface area contributed by atoms with Gasteiger partial charge in [0.2, 0.25) is 5.91 Å². The van der Waals surface area contributed by atoms with Gasteiger partial charge in [-0.05, 0) is 18.9 Å². The van der Waals surface area contributed by atoms with Gasteiger partial charge in [0.05, 0.1) is 11.1 Å². The monoisotopic (exact) mass is 233 g/mol. The number of amides is 1. The maximum absolute atomic E-state index is 11.4. The highest BCUT2D eigenvalue weighted by Gasteiger charge is 2.24. The molecule has 1 fully saturated rings. The van der Waals surface area contributed by atoms with Gasteiger partial charge < -0.3 is 5.32 Å². The second kappa shape index (κ2) is 5.21. The van der Waals surface area contributed by atoms with Crippen molar-refractivity contribution in [3.05, 3.63) is 41.5 Å². The molecule has 0 radical (unpaired) electrons. The lowest BCUT2D eigenvalue weighted by Gasteiger charge is -2.06. The quantitative estimate of drug-likeness (QED) is 0.869. The Hall–Kier alpha value is -1.22. The number of thioether (sulfide) groups is 1. The van der Waals surface area contributed by atoms with Crippen LogP contribution >= 0.6 is 11.8 Å². The topological polar surface area (TPSA) is 29.1 Å². The highest BCUT2D eigenvalue weighted by molar-refractivity contribution is 8.01. The summed E-state index contributed by atoms with van der Waals surface area (Å²) in [5, 5.41) is 2.93. The fraction of sp³-hybridized carbons (Fsp3) is 0.308. The van der Waals surface area contributed by atoms with Gasteiger partial charge in [-0.3, -0.25) is 4.79 Å². The average Bonchev–Trinajstić information content (AvgIpc) is 2.66. The van der Waals surface area contributed by atoms with Crippen molar-refractivity contribution >= 4 is 23.7 Å². The summed E-state index contributed by atoms with van der Waals surface area (Å²) in [5.74, 6) is 0.924. The van der Waals surface area contributed by atoms with Gasteiger partial charge in [-0.2, -0.15) is 0 Å². The zero-order valence-electron chi connectivity index (χ0n) is 9.27. The number of hydrogen-bond donors (Lipinski definition) is 1. The average molecular weight is 233 g/mol. The Balaban J connectivity index is 2.00. The van der Waals surface area contributed by atoms with Crippen LogP contribution in [0.2, 0.25) is 0 Å². The van der Waals surface area contributed by atoms with Crippen molar-refractivity contribution in [2.45, 2.75) is 18.6 Å². The van der Waals surface area contributed by atoms with Crippen LogP contribution in [0, 0.1) is 0 Å². The maximum atomic E-state index is 11.4. The molecule has 16 heavy (non-hydrogen) atoms. The Kier molecular flexibility index (Phi) is 3.67. The number of rotatable bonds is 3. The molecule has 1 N–H and O–H groups in total. The molecule has 1 unspecified atom stereocenters. The minimum absolute atomic E-state index is 0.0972. The van der Waals surface area contributed by atoms with E-state index in [1.165, 1.54) is 11.1 Å². The van der Waals surface area contributed by atoms with Gasteiger partial charge in [0.1, 0.15) is 0 Å². The Morgan fingerprint density at radius 3 is 2.88 bits per heavy atom. The molecule has 1 heterocycles. The Bertz CT molecular complexity index is 400. The Morgan fingerprint density at radius 1 is 1.50 bits per heavy atom. The van der Waals surface area contributed by atoms with E-state index in [0.717, 1.165) is 12.3 Å². The van der Waals surface area contributed by atoms with Crippen molar-refractivity contribution in [3.8, 4) is 0 Å². The van der Waals surface area contributed by atoms with E-state index in [-0.39, 0.29) is 11.2 Å². The number of benzene rings is 1. The van der Waals surface area contributed by atoms with Gasteiger partial charge in [-0.15, -0.1) is 11.8 Å². The van der Waals surface area contributed by atoms with Gasteiger partial charge in [-0.1, -0.05) is 42.0 Å². The summed E-state index contributed by atoms with van der Waals surface area (Å²) < 4.78 is 0. The second-order valence-electron chi connectivity index (χ2n) is 3.95. The molecule has 1 aromatic carbocycles. The van der Waals surface area contributed by atoms with Gasteiger partial charge >= 0.3 is 0 Å². The first kappa shape index (κ1) is 11.3. The molecule has 1 aliphatic heterocycles. The molecule has 0 aliphatic carbocycles. The lowest BCUT2D eigenvalue weighted by atomic mass is 10.1. The Morgan fingerprint density at radius 2 is 2.25 bits per heavy atom. The number of allylic oxidation sites excluding steroid dienone is 1. The molecule has 0 spiro atoms. The van der Waals surface area contributed by atoms with E-state index in [1.807, 2.05) is 18.2 Å². The fourth-order valence-corrected chi connectivity index (χ4v) is 2.78. The molecule has 2 rings (SSSR count). The van der Waals surface area contributed by atoms with Gasteiger partial charge in [-0.25, -0.2) is 0 Å². The largest absolute Gasteiger partial charge is 0.346 e. The number of carbonyl (C=O) groups excluding carboxylic acids is 1. The zero-order valence-corrected chi connectivity index (χ0v) is 10.1. The van der Waals surface area contributed by atoms with E-state index in [2.05, 4.69) is 30.4 Å². The molecule has 0 bridgehead atoms. The van der Waals surface area contributed by atoms with E-state index < -0.39 is 0 Å². The first-order valence-electron chi connectivity index (χ1n) is 5.37. The molecule has 1 aliphatic rings. The molecule has 1 amide bonds. The van der Waals surface area contributed by atoms with Crippen LogP contribution in [0.3, 0.4) is 0 Å². The minimum atomic E-state index is 0.0972. The highest BCUT2D eigenvalue weighted by atomic mass is 32.2. The maximum Gasteiger partial charge on any atom is 0.234 e. The molecule has 1 aromatic rings. The van der Waals surface area contributed by atoms with Crippen LogP contribution in [0.5, 0.6) is 0 Å². The molecule has 3 heteroatoms. The molecule has 1 atom stereocenters. The fourth-order valence-electron chi connectivity index (χ4n) is 1.74. The van der Waals surface area contributed by atoms with Gasteiger partial charge in [0.25, 0.3) is 0 Å². The van der Waals surface area contributed by atoms with Crippen LogP contribution in [0.1, 0.15) is 18.9 Å². The van der Waals surface area contributed by atoms with Crippen LogP contribution < -0.4 is 5.32 Å². The van der Waals surface area contributed by atoms with E-state index in [0.29, 0.717) is 0 Å². The third kappa shape index (κ3) is 2.89. The smallest absolute Gasteiger partial charge is 0.234 e. The standard InChI is InChI=1S/C13H15NOS/c1-10(7-11-5-3-2-4-6-11)8-12-13(15)14-9-16-12/h2-7,12H,8-9H2,1H3,(H,14,15)/b10-7+. The number of hydrogen-bond acceptors (Lipinski definition) is 2. The first-order valence-corrected chi connectivity index (χ1v) is 6.42. The van der Waals surface area contributed by atoms with Crippen molar-refractivity contribution < 1.29 is 4.79 Å². The summed E-state index contributed by atoms with van der Waals surface area (Å²) in [5.41, 5.74) is 2.45. The molecule has 0 aromatic heterocycles. The van der Waals surface area contributed by atoms with Crippen LogP contribution in [0.4, 0.5) is 0 Å². The summed E-state index contributed by atoms with van der Waals surface area (Å²) in [6.45, 7) is 2.08. The normalized spacial score (nSPS) is 20.9. The van der Waals surface area contributed by atoms with Crippen LogP contribution in [-0.2, 0) is 4.79 Å². The Labute approximate surface area is 100 Å². The van der Waals surface area contributed by atoms with E-state index >= 15 is 0 Å². The first-order chi connectivity index (χ1) is 7.75. The van der Waals surface area contributed by atoms with Crippen LogP contribution in [0.15, 0.2) is 35.9 Å². The predicted octanol–water partition coefficient (Wildman–Crippen LogP) is 2.67. The van der Waals surface area contributed by atoms with Crippen molar-refractivity contribution in [2.24, 2.45) is 0 Å². The lowest BCUT2D eigenvalue weighted by Crippen LogP contribution is -2.22. The third-order valence-electron chi connectivity index (χ3n) is 2.54. The number of nitrogens with one attached hydrogen (secondary N) is 1. The number of carbonyl (C=O) groups is 1. The van der Waals surface area contributed by atoms with Crippen molar-refractivity contribution in [1.29, 1.82) is 0 Å². The van der Waals surface area contributed by atoms with Gasteiger partial charge in [0.15, 0.2) is 0 Å². The van der Waals surface area contributed by atoms with E-state index in [9.17, 15) is 4.79 Å². The van der Waals surface area contributed by atoms with Crippen LogP contribution in [-0.4, -0.2) is 17.0 Å². The molecule has 84 valence electrons. The van der Waals surface area contributed by atoms with Crippen molar-refractivity contribution in [3.63, 3.8) is 0 Å². The van der Waals surface area contributed by atoms with Gasteiger partial charge in [0, 0.05) is 0 Å². The lowest BCUT2D eigenvalue weighted by molar-refractivity contribution is -0.119. The summed E-state index contributed by atoms with van der Waals surface area (Å²) in [4.78, 5) is 11.4. The van der Waals surface area contributed by atoms with Crippen molar-refractivity contribution in [1.82, 2.24) is 5.32 Å². The zero-order chi connectivity index (χ0) is 11.4. The minimum Gasteiger partial charge on any atom is -0.346 e. The molecular formula is C13H15NOS. The predicted molar refractivity (Wildman–Crippen MR) is 69.1 cm³/mol. The van der Waals surface area contributed by atoms with Crippen molar-refractivity contribution in [2.75, 3.05) is 5.88 Å². The summed E-state index contributed by atoms with van der Waals surface area (Å²) in [6.07, 6.45) is 2.98. The summed E-state index contributed by atoms with van der Waals surface area (Å²) in [6, 6.07) is 10.2.